The van der Waals surface area contributed by atoms with Gasteiger partial charge in [0.25, 0.3) is 5.91 Å². The van der Waals surface area contributed by atoms with Gasteiger partial charge in [-0.15, -0.1) is 0 Å². The van der Waals surface area contributed by atoms with Crippen LogP contribution in [0.4, 0.5) is 10.1 Å². The SMILES string of the molecule is Cc1ccc(F)cc1NC(=O)c1ccccc1COc1ccccc1. The van der Waals surface area contributed by atoms with Crippen LogP contribution in [0.5, 0.6) is 5.75 Å². The number of benzene rings is 3. The molecule has 0 aliphatic carbocycles. The quantitative estimate of drug-likeness (QED) is 0.715. The maximum absolute atomic E-state index is 13.4. The molecule has 25 heavy (non-hydrogen) atoms. The molecule has 0 spiro atoms. The number of hydrogen-bond acceptors (Lipinski definition) is 2. The van der Waals surface area contributed by atoms with Crippen LogP contribution in [-0.4, -0.2) is 5.91 Å². The Labute approximate surface area is 146 Å². The van der Waals surface area contributed by atoms with Crippen molar-refractivity contribution in [1.29, 1.82) is 0 Å². The fourth-order valence-corrected chi connectivity index (χ4v) is 2.46. The second-order valence-corrected chi connectivity index (χ2v) is 5.67. The number of carbonyl (C=O) groups excluding carboxylic acids is 1. The largest absolute Gasteiger partial charge is 0.489 e. The van der Waals surface area contributed by atoms with Crippen LogP contribution in [0.25, 0.3) is 0 Å². The Morgan fingerprint density at radius 3 is 2.52 bits per heavy atom. The third-order valence-corrected chi connectivity index (χ3v) is 3.85. The van der Waals surface area contributed by atoms with E-state index < -0.39 is 0 Å². The normalized spacial score (nSPS) is 10.3. The number of ether oxygens (including phenoxy) is 1. The molecule has 4 heteroatoms. The Morgan fingerprint density at radius 1 is 1.00 bits per heavy atom. The van der Waals surface area contributed by atoms with Gasteiger partial charge in [-0.2, -0.15) is 0 Å². The van der Waals surface area contributed by atoms with Crippen LogP contribution in [0.3, 0.4) is 0 Å². The van der Waals surface area contributed by atoms with Gasteiger partial charge < -0.3 is 10.1 Å². The molecule has 0 heterocycles. The zero-order valence-electron chi connectivity index (χ0n) is 13.8. The lowest BCUT2D eigenvalue weighted by atomic mass is 10.1. The van der Waals surface area contributed by atoms with Gasteiger partial charge in [0, 0.05) is 16.8 Å². The first kappa shape index (κ1) is 16.7. The van der Waals surface area contributed by atoms with Gasteiger partial charge in [-0.3, -0.25) is 4.79 Å². The summed E-state index contributed by atoms with van der Waals surface area (Å²) in [7, 11) is 0. The van der Waals surface area contributed by atoms with Gasteiger partial charge in [0.2, 0.25) is 0 Å². The van der Waals surface area contributed by atoms with E-state index in [1.807, 2.05) is 49.4 Å². The van der Waals surface area contributed by atoms with E-state index >= 15 is 0 Å². The van der Waals surface area contributed by atoms with Crippen LogP contribution < -0.4 is 10.1 Å². The first-order valence-electron chi connectivity index (χ1n) is 7.97. The van der Waals surface area contributed by atoms with E-state index in [0.717, 1.165) is 16.9 Å². The zero-order chi connectivity index (χ0) is 17.6. The highest BCUT2D eigenvalue weighted by atomic mass is 19.1. The van der Waals surface area contributed by atoms with E-state index in [4.69, 9.17) is 4.74 Å². The minimum absolute atomic E-state index is 0.274. The van der Waals surface area contributed by atoms with Crippen molar-refractivity contribution in [2.45, 2.75) is 13.5 Å². The van der Waals surface area contributed by atoms with Crippen molar-refractivity contribution in [2.75, 3.05) is 5.32 Å². The number of rotatable bonds is 5. The smallest absolute Gasteiger partial charge is 0.256 e. The minimum Gasteiger partial charge on any atom is -0.489 e. The molecule has 0 fully saturated rings. The summed E-state index contributed by atoms with van der Waals surface area (Å²) in [6.45, 7) is 2.09. The van der Waals surface area contributed by atoms with Crippen LogP contribution >= 0.6 is 0 Å². The summed E-state index contributed by atoms with van der Waals surface area (Å²) in [6, 6.07) is 20.9. The molecular weight excluding hydrogens is 317 g/mol. The number of hydrogen-bond donors (Lipinski definition) is 1. The molecule has 126 valence electrons. The molecule has 0 aromatic heterocycles. The Kier molecular flexibility index (Phi) is 5.09. The number of aryl methyl sites for hydroxylation is 1. The van der Waals surface area contributed by atoms with Gasteiger partial charge in [-0.05, 0) is 42.8 Å². The van der Waals surface area contributed by atoms with Gasteiger partial charge in [0.1, 0.15) is 18.2 Å². The number of nitrogens with one attached hydrogen (secondary N) is 1. The first-order valence-corrected chi connectivity index (χ1v) is 7.97. The molecule has 1 amide bonds. The molecule has 0 bridgehead atoms. The summed E-state index contributed by atoms with van der Waals surface area (Å²) in [4.78, 5) is 12.6. The highest BCUT2D eigenvalue weighted by Crippen LogP contribution is 2.19. The molecule has 3 aromatic carbocycles. The zero-order valence-corrected chi connectivity index (χ0v) is 13.8. The summed E-state index contributed by atoms with van der Waals surface area (Å²) >= 11 is 0. The van der Waals surface area contributed by atoms with Crippen LogP contribution in [-0.2, 0) is 6.61 Å². The number of amides is 1. The molecule has 0 atom stereocenters. The van der Waals surface area contributed by atoms with Crippen molar-refractivity contribution >= 4 is 11.6 Å². The standard InChI is InChI=1S/C21H18FNO2/c1-15-11-12-17(22)13-20(15)23-21(24)19-10-6-5-7-16(19)14-25-18-8-3-2-4-9-18/h2-13H,14H2,1H3,(H,23,24). The molecule has 3 rings (SSSR count). The number of para-hydroxylation sites is 1. The van der Waals surface area contributed by atoms with Gasteiger partial charge in [-0.25, -0.2) is 4.39 Å². The van der Waals surface area contributed by atoms with Crippen molar-refractivity contribution in [1.82, 2.24) is 0 Å². The van der Waals surface area contributed by atoms with Gasteiger partial charge >= 0.3 is 0 Å². The maximum atomic E-state index is 13.4. The monoisotopic (exact) mass is 335 g/mol. The highest BCUT2D eigenvalue weighted by Gasteiger charge is 2.13. The Bertz CT molecular complexity index is 878. The molecule has 3 nitrogen and oxygen atoms in total. The van der Waals surface area contributed by atoms with Crippen LogP contribution in [0.15, 0.2) is 72.8 Å². The van der Waals surface area contributed by atoms with Crippen molar-refractivity contribution in [2.24, 2.45) is 0 Å². The number of carbonyl (C=O) groups is 1. The van der Waals surface area contributed by atoms with E-state index in [2.05, 4.69) is 5.32 Å². The lowest BCUT2D eigenvalue weighted by Crippen LogP contribution is -2.16. The average molecular weight is 335 g/mol. The summed E-state index contributed by atoms with van der Waals surface area (Å²) in [6.07, 6.45) is 0. The Balaban J connectivity index is 1.77. The van der Waals surface area contributed by atoms with E-state index in [9.17, 15) is 9.18 Å². The molecular formula is C21H18FNO2. The molecule has 0 radical (unpaired) electrons. The number of halogens is 1. The summed E-state index contributed by atoms with van der Waals surface area (Å²) in [5.41, 5.74) is 2.52. The summed E-state index contributed by atoms with van der Waals surface area (Å²) < 4.78 is 19.2. The number of anilines is 1. The molecule has 3 aromatic rings. The highest BCUT2D eigenvalue weighted by molar-refractivity contribution is 6.05. The fourth-order valence-electron chi connectivity index (χ4n) is 2.46. The third-order valence-electron chi connectivity index (χ3n) is 3.85. The molecule has 1 N–H and O–H groups in total. The van der Waals surface area contributed by atoms with Gasteiger partial charge in [0.05, 0.1) is 0 Å². The van der Waals surface area contributed by atoms with Crippen molar-refractivity contribution < 1.29 is 13.9 Å². The lowest BCUT2D eigenvalue weighted by Gasteiger charge is -2.13. The molecule has 0 unspecified atom stereocenters. The lowest BCUT2D eigenvalue weighted by molar-refractivity contribution is 0.102. The predicted octanol–water partition coefficient (Wildman–Crippen LogP) is 4.97. The molecule has 0 saturated heterocycles. The van der Waals surface area contributed by atoms with E-state index in [-0.39, 0.29) is 18.3 Å². The second kappa shape index (κ2) is 7.62. The van der Waals surface area contributed by atoms with E-state index in [1.165, 1.54) is 12.1 Å². The van der Waals surface area contributed by atoms with E-state index in [0.29, 0.717) is 11.3 Å². The Morgan fingerprint density at radius 2 is 1.72 bits per heavy atom. The maximum Gasteiger partial charge on any atom is 0.256 e. The first-order chi connectivity index (χ1) is 12.1. The minimum atomic E-state index is -0.387. The fraction of sp³-hybridized carbons (Fsp3) is 0.0952. The Hall–Kier alpha value is -3.14. The van der Waals surface area contributed by atoms with Crippen molar-refractivity contribution in [3.05, 3.63) is 95.3 Å². The van der Waals surface area contributed by atoms with E-state index in [1.54, 1.807) is 18.2 Å². The third kappa shape index (κ3) is 4.23. The summed E-state index contributed by atoms with van der Waals surface area (Å²) in [5.74, 6) is 0.0567. The topological polar surface area (TPSA) is 38.3 Å². The summed E-state index contributed by atoms with van der Waals surface area (Å²) in [5, 5.41) is 2.77. The van der Waals surface area contributed by atoms with Crippen LogP contribution in [0.2, 0.25) is 0 Å². The second-order valence-electron chi connectivity index (χ2n) is 5.67. The van der Waals surface area contributed by atoms with Gasteiger partial charge in [0.15, 0.2) is 0 Å². The molecule has 0 saturated carbocycles. The van der Waals surface area contributed by atoms with Crippen LogP contribution in [0, 0.1) is 12.7 Å². The predicted molar refractivity (Wildman–Crippen MR) is 96.3 cm³/mol. The van der Waals surface area contributed by atoms with Gasteiger partial charge in [-0.1, -0.05) is 42.5 Å². The van der Waals surface area contributed by atoms with Crippen molar-refractivity contribution in [3.8, 4) is 5.75 Å². The molecule has 0 aliphatic rings. The average Bonchev–Trinajstić information content (AvgIpc) is 2.64. The molecule has 0 aliphatic heterocycles. The van der Waals surface area contributed by atoms with Crippen molar-refractivity contribution in [3.63, 3.8) is 0 Å². The van der Waals surface area contributed by atoms with Crippen LogP contribution in [0.1, 0.15) is 21.5 Å².